The Morgan fingerprint density at radius 1 is 0.322 bits per heavy atom. The van der Waals surface area contributed by atoms with Gasteiger partial charge in [-0.2, -0.15) is 0 Å². The van der Waals surface area contributed by atoms with Crippen molar-refractivity contribution in [2.24, 2.45) is 0 Å². The van der Waals surface area contributed by atoms with E-state index in [4.69, 9.17) is 9.15 Å². The third kappa shape index (κ3) is 4.51. The summed E-state index contributed by atoms with van der Waals surface area (Å²) in [6.45, 7) is 0. The molecule has 2 heterocycles. The summed E-state index contributed by atoms with van der Waals surface area (Å²) in [6, 6.07) is 75.3. The number of furan rings is 1. The average Bonchev–Trinajstić information content (AvgIpc) is 3.81. The van der Waals surface area contributed by atoms with Crippen LogP contribution in [0.1, 0.15) is 22.3 Å². The fraction of sp³-hybridized carbons (Fsp3) is 0.0175. The van der Waals surface area contributed by atoms with Gasteiger partial charge in [0.15, 0.2) is 0 Å². The Morgan fingerprint density at radius 3 is 1.81 bits per heavy atom. The van der Waals surface area contributed by atoms with Gasteiger partial charge in [-0.15, -0.1) is 0 Å². The van der Waals surface area contributed by atoms with Crippen molar-refractivity contribution in [3.8, 4) is 56.0 Å². The summed E-state index contributed by atoms with van der Waals surface area (Å²) in [4.78, 5) is 0. The monoisotopic (exact) mass is 750 g/mol. The number of benzene rings is 10. The van der Waals surface area contributed by atoms with Gasteiger partial charge in [0.2, 0.25) is 0 Å². The Kier molecular flexibility index (Phi) is 6.68. The van der Waals surface area contributed by atoms with Gasteiger partial charge in [0.25, 0.3) is 0 Å². The number of fused-ring (bicyclic) bond motifs is 9. The van der Waals surface area contributed by atoms with Crippen molar-refractivity contribution >= 4 is 43.5 Å². The molecule has 0 saturated carbocycles. The Hall–Kier alpha value is -7.68. The minimum absolute atomic E-state index is 0.561. The average molecular weight is 751 g/mol. The zero-order valence-corrected chi connectivity index (χ0v) is 31.9. The second kappa shape index (κ2) is 12.2. The van der Waals surface area contributed by atoms with Gasteiger partial charge in [-0.1, -0.05) is 158 Å². The smallest absolute Gasteiger partial charge is 0.136 e. The van der Waals surface area contributed by atoms with E-state index in [0.29, 0.717) is 0 Å². The Bertz CT molecular complexity index is 3480. The van der Waals surface area contributed by atoms with E-state index < -0.39 is 5.41 Å². The van der Waals surface area contributed by atoms with Crippen LogP contribution in [-0.4, -0.2) is 0 Å². The number of hydrogen-bond acceptors (Lipinski definition) is 2. The summed E-state index contributed by atoms with van der Waals surface area (Å²) < 4.78 is 12.9. The van der Waals surface area contributed by atoms with E-state index >= 15 is 0 Å². The molecule has 0 N–H and O–H groups in total. The zero-order chi connectivity index (χ0) is 38.7. The lowest BCUT2D eigenvalue weighted by atomic mass is 9.67. The molecule has 2 nitrogen and oxygen atoms in total. The third-order valence-electron chi connectivity index (χ3n) is 13.0. The molecular weight excluding hydrogens is 717 g/mol. The van der Waals surface area contributed by atoms with Gasteiger partial charge in [-0.05, 0) is 126 Å². The Morgan fingerprint density at radius 2 is 0.949 bits per heavy atom. The van der Waals surface area contributed by atoms with Gasteiger partial charge in [-0.25, -0.2) is 0 Å². The van der Waals surface area contributed by atoms with E-state index in [0.717, 1.165) is 50.0 Å². The molecule has 0 saturated heterocycles. The zero-order valence-electron chi connectivity index (χ0n) is 31.9. The highest BCUT2D eigenvalue weighted by Crippen LogP contribution is 2.58. The largest absolute Gasteiger partial charge is 0.456 e. The van der Waals surface area contributed by atoms with Crippen molar-refractivity contribution in [1.82, 2.24) is 0 Å². The SMILES string of the molecule is c1ccc(C2(c3ccccc3)c3cc(-c4ccc5c6c(cccc46)-c4ccccc4O5)ccc3-c3cc4c(-c5ccc6c(c5)oc5ccccc56)cccc4cc32)cc1. The minimum atomic E-state index is -0.561. The van der Waals surface area contributed by atoms with Crippen LogP contribution >= 0.6 is 0 Å². The summed E-state index contributed by atoms with van der Waals surface area (Å²) in [5.74, 6) is 1.80. The molecule has 2 heteroatoms. The van der Waals surface area contributed by atoms with Gasteiger partial charge < -0.3 is 9.15 Å². The molecule has 1 aliphatic carbocycles. The van der Waals surface area contributed by atoms with Crippen LogP contribution in [0.4, 0.5) is 0 Å². The lowest BCUT2D eigenvalue weighted by molar-refractivity contribution is 0.487. The molecule has 13 rings (SSSR count). The predicted octanol–water partition coefficient (Wildman–Crippen LogP) is 15.4. The van der Waals surface area contributed by atoms with Gasteiger partial charge in [0, 0.05) is 21.7 Å². The quantitative estimate of drug-likeness (QED) is 0.179. The van der Waals surface area contributed by atoms with Gasteiger partial charge in [-0.3, -0.25) is 0 Å². The van der Waals surface area contributed by atoms with Crippen LogP contribution in [0.5, 0.6) is 11.5 Å². The summed E-state index contributed by atoms with van der Waals surface area (Å²) in [5.41, 5.74) is 15.9. The molecule has 10 aromatic carbocycles. The summed E-state index contributed by atoms with van der Waals surface area (Å²) in [5, 5.41) is 7.05. The lowest BCUT2D eigenvalue weighted by Crippen LogP contribution is -2.28. The lowest BCUT2D eigenvalue weighted by Gasteiger charge is -2.34. The van der Waals surface area contributed by atoms with Gasteiger partial charge in [0.1, 0.15) is 22.7 Å². The second-order valence-electron chi connectivity index (χ2n) is 15.9. The van der Waals surface area contributed by atoms with Crippen molar-refractivity contribution in [1.29, 1.82) is 0 Å². The highest BCUT2D eigenvalue weighted by Gasteiger charge is 2.46. The van der Waals surface area contributed by atoms with Crippen LogP contribution in [-0.2, 0) is 5.41 Å². The number of rotatable bonds is 4. The maximum absolute atomic E-state index is 6.51. The minimum Gasteiger partial charge on any atom is -0.456 e. The van der Waals surface area contributed by atoms with Crippen LogP contribution in [0.3, 0.4) is 0 Å². The molecule has 0 atom stereocenters. The van der Waals surface area contributed by atoms with E-state index in [9.17, 15) is 0 Å². The van der Waals surface area contributed by atoms with E-state index in [2.05, 4.69) is 188 Å². The third-order valence-corrected chi connectivity index (χ3v) is 13.0. The van der Waals surface area contributed by atoms with Crippen molar-refractivity contribution in [2.75, 3.05) is 0 Å². The van der Waals surface area contributed by atoms with Crippen LogP contribution < -0.4 is 4.74 Å². The van der Waals surface area contributed by atoms with Gasteiger partial charge >= 0.3 is 0 Å². The molecule has 59 heavy (non-hydrogen) atoms. The summed E-state index contributed by atoms with van der Waals surface area (Å²) in [6.07, 6.45) is 0. The van der Waals surface area contributed by atoms with Crippen molar-refractivity contribution < 1.29 is 9.15 Å². The molecule has 0 amide bonds. The molecule has 0 unspecified atom stereocenters. The van der Waals surface area contributed by atoms with E-state index in [1.54, 1.807) is 0 Å². The Balaban J connectivity index is 1.07. The van der Waals surface area contributed by atoms with E-state index in [1.165, 1.54) is 71.8 Å². The first-order valence-corrected chi connectivity index (χ1v) is 20.3. The normalized spacial score (nSPS) is 13.4. The first kappa shape index (κ1) is 32.4. The molecule has 0 bridgehead atoms. The van der Waals surface area contributed by atoms with E-state index in [-0.39, 0.29) is 0 Å². The molecule has 0 fully saturated rings. The topological polar surface area (TPSA) is 22.4 Å². The number of para-hydroxylation sites is 2. The molecule has 0 radical (unpaired) electrons. The summed E-state index contributed by atoms with van der Waals surface area (Å²) in [7, 11) is 0. The molecule has 2 aliphatic rings. The first-order valence-electron chi connectivity index (χ1n) is 20.3. The molecule has 274 valence electrons. The van der Waals surface area contributed by atoms with Crippen LogP contribution in [0, 0.1) is 0 Å². The molecular formula is C57H34O2. The van der Waals surface area contributed by atoms with Crippen LogP contribution in [0.2, 0.25) is 0 Å². The molecule has 1 aliphatic heterocycles. The molecule has 1 aromatic heterocycles. The molecule has 0 spiro atoms. The fourth-order valence-electron chi connectivity index (χ4n) is 10.4. The highest BCUT2D eigenvalue weighted by atomic mass is 16.5. The van der Waals surface area contributed by atoms with Crippen molar-refractivity contribution in [3.05, 3.63) is 229 Å². The predicted molar refractivity (Wildman–Crippen MR) is 242 cm³/mol. The molecule has 11 aromatic rings. The van der Waals surface area contributed by atoms with Gasteiger partial charge in [0.05, 0.1) is 5.41 Å². The van der Waals surface area contributed by atoms with E-state index in [1.807, 2.05) is 18.2 Å². The van der Waals surface area contributed by atoms with Crippen molar-refractivity contribution in [3.63, 3.8) is 0 Å². The fourth-order valence-corrected chi connectivity index (χ4v) is 10.4. The number of ether oxygens (including phenoxy) is 1. The maximum atomic E-state index is 6.51. The highest BCUT2D eigenvalue weighted by molar-refractivity contribution is 6.11. The van der Waals surface area contributed by atoms with Crippen molar-refractivity contribution in [2.45, 2.75) is 5.41 Å². The van der Waals surface area contributed by atoms with Crippen LogP contribution in [0.15, 0.2) is 211 Å². The maximum Gasteiger partial charge on any atom is 0.136 e. The first-order chi connectivity index (χ1) is 29.2. The Labute approximate surface area is 341 Å². The second-order valence-corrected chi connectivity index (χ2v) is 15.9. The summed E-state index contributed by atoms with van der Waals surface area (Å²) >= 11 is 0. The standard InChI is InChI=1S/C57H34O2/c1-3-14-38(15-4-1)57(39-16-5-2-6-17-39)50-32-36(41-29-30-54-56-46(41)21-12-22-47(56)44-19-8-10-24-53(44)58-54)25-27-42(50)49-34-48-35(31-51(49)57)13-11-20-40(48)37-26-28-45-43-18-7-9-23-52(43)59-55(45)33-37/h1-34H. The van der Waals surface area contributed by atoms with Crippen LogP contribution in [0.25, 0.3) is 88.0 Å². The number of hydrogen-bond donors (Lipinski definition) is 0.